The summed E-state index contributed by atoms with van der Waals surface area (Å²) in [7, 11) is 1.78. The highest BCUT2D eigenvalue weighted by molar-refractivity contribution is 9.09. The van der Waals surface area contributed by atoms with Gasteiger partial charge in [-0.1, -0.05) is 36.2 Å². The van der Waals surface area contributed by atoms with Crippen molar-refractivity contribution in [3.63, 3.8) is 0 Å². The molecule has 0 bridgehead atoms. The van der Waals surface area contributed by atoms with Crippen LogP contribution in [0.5, 0.6) is 0 Å². The second-order valence-electron chi connectivity index (χ2n) is 3.94. The summed E-state index contributed by atoms with van der Waals surface area (Å²) in [6.45, 7) is 6.69. The van der Waals surface area contributed by atoms with E-state index in [-0.39, 0.29) is 0 Å². The van der Waals surface area contributed by atoms with Crippen LogP contribution in [0.15, 0.2) is 0 Å². The van der Waals surface area contributed by atoms with Crippen LogP contribution in [0.4, 0.5) is 0 Å². The summed E-state index contributed by atoms with van der Waals surface area (Å²) in [6, 6.07) is 0. The summed E-state index contributed by atoms with van der Waals surface area (Å²) < 4.78 is 5.27. The average molecular weight is 237 g/mol. The van der Waals surface area contributed by atoms with Gasteiger partial charge in [-0.3, -0.25) is 0 Å². The molecule has 0 aliphatic carbocycles. The predicted octanol–water partition coefficient (Wildman–Crippen LogP) is 3.61. The molecule has 0 aliphatic rings. The van der Waals surface area contributed by atoms with Crippen LogP contribution in [0.3, 0.4) is 0 Å². The molecule has 0 aromatic rings. The van der Waals surface area contributed by atoms with Crippen molar-refractivity contribution < 1.29 is 4.74 Å². The summed E-state index contributed by atoms with van der Waals surface area (Å²) in [4.78, 5) is 0. The molecule has 12 heavy (non-hydrogen) atoms. The lowest BCUT2D eigenvalue weighted by molar-refractivity contribution is 0.0743. The molecule has 2 heteroatoms. The minimum absolute atomic E-state index is 0.374. The highest BCUT2D eigenvalue weighted by Gasteiger charge is 2.24. The van der Waals surface area contributed by atoms with Crippen LogP contribution >= 0.6 is 15.9 Å². The van der Waals surface area contributed by atoms with Gasteiger partial charge >= 0.3 is 0 Å². The molecule has 2 atom stereocenters. The fourth-order valence-electron chi connectivity index (χ4n) is 1.60. The van der Waals surface area contributed by atoms with Crippen molar-refractivity contribution >= 4 is 15.9 Å². The molecule has 1 nitrogen and oxygen atoms in total. The zero-order chi connectivity index (χ0) is 9.61. The van der Waals surface area contributed by atoms with Crippen LogP contribution in [-0.4, -0.2) is 18.5 Å². The van der Waals surface area contributed by atoms with E-state index in [1.165, 1.54) is 12.8 Å². The van der Waals surface area contributed by atoms with E-state index >= 15 is 0 Å². The third-order valence-electron chi connectivity index (χ3n) is 2.36. The van der Waals surface area contributed by atoms with E-state index in [2.05, 4.69) is 36.7 Å². The van der Waals surface area contributed by atoms with Gasteiger partial charge in [0, 0.05) is 12.4 Å². The molecule has 0 amide bonds. The lowest BCUT2D eigenvalue weighted by atomic mass is 9.83. The second kappa shape index (κ2) is 5.98. The number of methoxy groups -OCH3 is 1. The highest BCUT2D eigenvalue weighted by Crippen LogP contribution is 2.31. The number of alkyl halides is 1. The van der Waals surface area contributed by atoms with Crippen molar-refractivity contribution in [2.24, 2.45) is 5.41 Å². The van der Waals surface area contributed by atoms with Crippen molar-refractivity contribution in [1.82, 2.24) is 0 Å². The topological polar surface area (TPSA) is 9.23 Å². The minimum atomic E-state index is 0.374. The van der Waals surface area contributed by atoms with Crippen LogP contribution in [-0.2, 0) is 4.74 Å². The number of rotatable bonds is 6. The minimum Gasteiger partial charge on any atom is -0.382 e. The van der Waals surface area contributed by atoms with Crippen molar-refractivity contribution in [3.8, 4) is 0 Å². The normalized spacial score (nSPS) is 18.8. The van der Waals surface area contributed by atoms with E-state index < -0.39 is 0 Å². The Hall–Kier alpha value is 0.440. The van der Waals surface area contributed by atoms with Gasteiger partial charge in [-0.25, -0.2) is 0 Å². The van der Waals surface area contributed by atoms with Crippen LogP contribution in [0.25, 0.3) is 0 Å². The standard InChI is InChI=1S/C10H21BrO/c1-5-6-10(3,8-11)7-9(2)12-4/h9H,5-8H2,1-4H3. The third-order valence-corrected chi connectivity index (χ3v) is 3.71. The summed E-state index contributed by atoms with van der Waals surface area (Å²) >= 11 is 3.58. The first-order valence-electron chi connectivity index (χ1n) is 4.66. The van der Waals surface area contributed by atoms with E-state index in [1.807, 2.05) is 0 Å². The van der Waals surface area contributed by atoms with Crippen LogP contribution in [0.1, 0.15) is 40.0 Å². The summed E-state index contributed by atoms with van der Waals surface area (Å²) in [6.07, 6.45) is 4.03. The quantitative estimate of drug-likeness (QED) is 0.641. The number of hydrogen-bond acceptors (Lipinski definition) is 1. The van der Waals surface area contributed by atoms with Crippen molar-refractivity contribution in [2.45, 2.75) is 46.1 Å². The molecule has 0 N–H and O–H groups in total. The molecule has 0 aromatic heterocycles. The number of ether oxygens (including phenoxy) is 1. The number of halogens is 1. The molecule has 0 heterocycles. The lowest BCUT2D eigenvalue weighted by Gasteiger charge is -2.29. The van der Waals surface area contributed by atoms with E-state index in [9.17, 15) is 0 Å². The summed E-state index contributed by atoms with van der Waals surface area (Å²) in [5.74, 6) is 0. The Morgan fingerprint density at radius 1 is 1.50 bits per heavy atom. The van der Waals surface area contributed by atoms with Crippen molar-refractivity contribution in [2.75, 3.05) is 12.4 Å². The van der Waals surface area contributed by atoms with Crippen molar-refractivity contribution in [3.05, 3.63) is 0 Å². The molecule has 0 rings (SSSR count). The Labute approximate surface area is 85.0 Å². The highest BCUT2D eigenvalue weighted by atomic mass is 79.9. The summed E-state index contributed by atoms with van der Waals surface area (Å²) in [5.41, 5.74) is 0.407. The van der Waals surface area contributed by atoms with Gasteiger partial charge in [0.25, 0.3) is 0 Å². The van der Waals surface area contributed by atoms with Gasteiger partial charge in [-0.2, -0.15) is 0 Å². The molecular weight excluding hydrogens is 216 g/mol. The van der Waals surface area contributed by atoms with Crippen molar-refractivity contribution in [1.29, 1.82) is 0 Å². The maximum Gasteiger partial charge on any atom is 0.0548 e. The van der Waals surface area contributed by atoms with Gasteiger partial charge in [-0.05, 0) is 25.2 Å². The molecule has 0 saturated heterocycles. The SMILES string of the molecule is CCCC(C)(CBr)CC(C)OC. The van der Waals surface area contributed by atoms with Gasteiger partial charge in [0.2, 0.25) is 0 Å². The van der Waals surface area contributed by atoms with Gasteiger partial charge in [0.05, 0.1) is 6.10 Å². The molecule has 2 unspecified atom stereocenters. The molecule has 0 spiro atoms. The summed E-state index contributed by atoms with van der Waals surface area (Å²) in [5, 5.41) is 1.07. The van der Waals surface area contributed by atoms with Gasteiger partial charge < -0.3 is 4.74 Å². The second-order valence-corrected chi connectivity index (χ2v) is 4.51. The first-order chi connectivity index (χ1) is 5.58. The van der Waals surface area contributed by atoms with E-state index in [4.69, 9.17) is 4.74 Å². The Bertz CT molecular complexity index is 116. The Kier molecular flexibility index (Phi) is 6.20. The Morgan fingerprint density at radius 3 is 2.42 bits per heavy atom. The Morgan fingerprint density at radius 2 is 2.08 bits per heavy atom. The molecule has 0 fully saturated rings. The molecule has 74 valence electrons. The zero-order valence-corrected chi connectivity index (χ0v) is 10.3. The average Bonchev–Trinajstić information content (AvgIpc) is 2.05. The van der Waals surface area contributed by atoms with Crippen LogP contribution < -0.4 is 0 Å². The monoisotopic (exact) mass is 236 g/mol. The lowest BCUT2D eigenvalue weighted by Crippen LogP contribution is -2.24. The largest absolute Gasteiger partial charge is 0.382 e. The first-order valence-corrected chi connectivity index (χ1v) is 5.79. The van der Waals surface area contributed by atoms with E-state index in [0.29, 0.717) is 11.5 Å². The number of hydrogen-bond donors (Lipinski definition) is 0. The van der Waals surface area contributed by atoms with Gasteiger partial charge in [0.15, 0.2) is 0 Å². The van der Waals surface area contributed by atoms with E-state index in [1.54, 1.807) is 7.11 Å². The Balaban J connectivity index is 3.94. The van der Waals surface area contributed by atoms with Gasteiger partial charge in [0.1, 0.15) is 0 Å². The molecule has 0 aliphatic heterocycles. The smallest absolute Gasteiger partial charge is 0.0548 e. The molecule has 0 aromatic carbocycles. The fraction of sp³-hybridized carbons (Fsp3) is 1.00. The van der Waals surface area contributed by atoms with Crippen LogP contribution in [0.2, 0.25) is 0 Å². The van der Waals surface area contributed by atoms with E-state index in [0.717, 1.165) is 11.8 Å². The molecule has 0 saturated carbocycles. The van der Waals surface area contributed by atoms with Gasteiger partial charge in [-0.15, -0.1) is 0 Å². The predicted molar refractivity (Wildman–Crippen MR) is 57.9 cm³/mol. The zero-order valence-electron chi connectivity index (χ0n) is 8.69. The first kappa shape index (κ1) is 12.4. The third kappa shape index (κ3) is 4.46. The maximum atomic E-state index is 5.27. The molecule has 0 radical (unpaired) electrons. The maximum absolute atomic E-state index is 5.27. The molecular formula is C10H21BrO. The fourth-order valence-corrected chi connectivity index (χ4v) is 2.11. The van der Waals surface area contributed by atoms with Crippen LogP contribution in [0, 0.1) is 5.41 Å².